The number of rotatable bonds is 5. The van der Waals surface area contributed by atoms with Gasteiger partial charge in [-0.2, -0.15) is 0 Å². The van der Waals surface area contributed by atoms with Crippen LogP contribution in [-0.2, 0) is 18.1 Å². The van der Waals surface area contributed by atoms with E-state index in [2.05, 4.69) is 13.6 Å². The van der Waals surface area contributed by atoms with Gasteiger partial charge in [0, 0.05) is 14.2 Å². The first kappa shape index (κ1) is 16.5. The van der Waals surface area contributed by atoms with Gasteiger partial charge in [-0.05, 0) is 21.1 Å². The summed E-state index contributed by atoms with van der Waals surface area (Å²) in [7, 11) is 5.06. The van der Waals surface area contributed by atoms with Crippen LogP contribution in [0.1, 0.15) is 0 Å². The minimum atomic E-state index is -3.36. The summed E-state index contributed by atoms with van der Waals surface area (Å²) in [4.78, 5) is 2.00. The molecule has 0 radical (unpaired) electrons. The van der Waals surface area contributed by atoms with Crippen LogP contribution in [0, 0.1) is 0 Å². The van der Waals surface area contributed by atoms with Gasteiger partial charge < -0.3 is 10.0 Å². The fraction of sp³-hybridized carbons (Fsp3) is 1.00. The van der Waals surface area contributed by atoms with Crippen LogP contribution in [-0.4, -0.2) is 58.6 Å². The van der Waals surface area contributed by atoms with Gasteiger partial charge in [-0.25, -0.2) is 4.57 Å². The Bertz CT molecular complexity index is 153. The van der Waals surface area contributed by atoms with Crippen molar-refractivity contribution in [3.8, 4) is 0 Å². The Morgan fingerprint density at radius 2 is 1.57 bits per heavy atom. The van der Waals surface area contributed by atoms with E-state index in [1.54, 1.807) is 0 Å². The van der Waals surface area contributed by atoms with E-state index in [-0.39, 0.29) is 13.2 Å². The molecule has 0 aliphatic rings. The number of hydrogen-bond donors (Lipinski definition) is 1. The van der Waals surface area contributed by atoms with Crippen molar-refractivity contribution in [2.45, 2.75) is 0 Å². The van der Waals surface area contributed by atoms with Crippen molar-refractivity contribution >= 4 is 7.82 Å². The normalized spacial score (nSPS) is 11.1. The first-order valence-corrected chi connectivity index (χ1v) is 5.45. The van der Waals surface area contributed by atoms with Gasteiger partial charge in [0.2, 0.25) is 0 Å². The third kappa shape index (κ3) is 12.0. The quantitative estimate of drug-likeness (QED) is 0.695. The molecule has 88 valence electrons. The predicted molar refractivity (Wildman–Crippen MR) is 54.3 cm³/mol. The lowest BCUT2D eigenvalue weighted by Gasteiger charge is -2.11. The lowest BCUT2D eigenvalue weighted by atomic mass is 10.8. The molecule has 0 aliphatic heterocycles. The summed E-state index contributed by atoms with van der Waals surface area (Å²) in [5.74, 6) is 0. The molecule has 0 heterocycles. The summed E-state index contributed by atoms with van der Waals surface area (Å²) in [5, 5.41) is 8.26. The zero-order valence-corrected chi connectivity index (χ0v) is 10.3. The van der Waals surface area contributed by atoms with E-state index in [9.17, 15) is 4.57 Å². The molecule has 6 nitrogen and oxygen atoms in total. The van der Waals surface area contributed by atoms with Gasteiger partial charge in [0.15, 0.2) is 0 Å². The molecule has 0 aromatic carbocycles. The molecule has 7 heteroatoms. The van der Waals surface area contributed by atoms with E-state index in [0.717, 1.165) is 0 Å². The molecule has 0 atom stereocenters. The Morgan fingerprint density at radius 3 is 1.79 bits per heavy atom. The molecule has 0 bridgehead atoms. The van der Waals surface area contributed by atoms with Gasteiger partial charge >= 0.3 is 7.82 Å². The number of aliphatic hydroxyl groups excluding tert-OH is 1. The Balaban J connectivity index is 0. The predicted octanol–water partition coefficient (Wildman–Crippen LogP) is 0.574. The van der Waals surface area contributed by atoms with E-state index in [4.69, 9.17) is 5.11 Å². The first-order chi connectivity index (χ1) is 6.41. The van der Waals surface area contributed by atoms with E-state index in [1.807, 2.05) is 26.0 Å². The molecule has 0 unspecified atom stereocenters. The first-order valence-electron chi connectivity index (χ1n) is 3.99. The Labute approximate surface area is 85.4 Å². The number of aliphatic hydroxyl groups is 1. The topological polar surface area (TPSA) is 68.2 Å². The van der Waals surface area contributed by atoms with E-state index in [0.29, 0.717) is 0 Å². The summed E-state index contributed by atoms with van der Waals surface area (Å²) in [6.45, 7) is -0.268. The molecule has 0 rings (SSSR count). The fourth-order valence-corrected chi connectivity index (χ4v) is 0.998. The summed E-state index contributed by atoms with van der Waals surface area (Å²) < 4.78 is 24.2. The van der Waals surface area contributed by atoms with Crippen molar-refractivity contribution in [2.75, 3.05) is 48.6 Å². The van der Waals surface area contributed by atoms with Gasteiger partial charge in [-0.3, -0.25) is 13.6 Å². The molecule has 0 saturated heterocycles. The molecular formula is C7H20NO5P. The monoisotopic (exact) mass is 229 g/mol. The molecule has 0 saturated carbocycles. The minimum Gasteiger partial charge on any atom is -0.394 e. The molecular weight excluding hydrogens is 209 g/mol. The molecule has 0 fully saturated rings. The van der Waals surface area contributed by atoms with Crippen LogP contribution in [0.25, 0.3) is 0 Å². The standard InChI is InChI=1S/C4H11O5P.C3H9N/c1-7-10(6,8-2)9-4-3-5;1-4(2)3/h5H,3-4H2,1-2H3;1-3H3. The third-order valence-corrected chi connectivity index (χ3v) is 2.18. The highest BCUT2D eigenvalue weighted by Crippen LogP contribution is 2.47. The Kier molecular flexibility index (Phi) is 11.3. The molecule has 0 amide bonds. The van der Waals surface area contributed by atoms with Crippen LogP contribution in [0.2, 0.25) is 0 Å². The fourth-order valence-electron chi connectivity index (χ4n) is 0.333. The van der Waals surface area contributed by atoms with Crippen molar-refractivity contribution < 1.29 is 23.2 Å². The number of nitrogens with zero attached hydrogens (tertiary/aromatic N) is 1. The van der Waals surface area contributed by atoms with E-state index in [1.165, 1.54) is 14.2 Å². The van der Waals surface area contributed by atoms with Gasteiger partial charge in [0.1, 0.15) is 0 Å². The summed E-state index contributed by atoms with van der Waals surface area (Å²) in [5.41, 5.74) is 0. The highest BCUT2D eigenvalue weighted by molar-refractivity contribution is 7.48. The second kappa shape index (κ2) is 9.58. The van der Waals surface area contributed by atoms with E-state index >= 15 is 0 Å². The molecule has 0 spiro atoms. The van der Waals surface area contributed by atoms with Gasteiger partial charge in [-0.15, -0.1) is 0 Å². The van der Waals surface area contributed by atoms with Crippen molar-refractivity contribution in [1.82, 2.24) is 4.90 Å². The van der Waals surface area contributed by atoms with Crippen LogP contribution in [0.4, 0.5) is 0 Å². The van der Waals surface area contributed by atoms with Crippen molar-refractivity contribution in [3.05, 3.63) is 0 Å². The minimum absolute atomic E-state index is 0.0566. The maximum absolute atomic E-state index is 10.9. The zero-order chi connectivity index (χ0) is 11.6. The average Bonchev–Trinajstić information content (AvgIpc) is 2.13. The van der Waals surface area contributed by atoms with Crippen LogP contribution >= 0.6 is 7.82 Å². The second-order valence-corrected chi connectivity index (χ2v) is 4.59. The summed E-state index contributed by atoms with van der Waals surface area (Å²) >= 11 is 0. The number of phosphoric acid groups is 1. The largest absolute Gasteiger partial charge is 0.474 e. The van der Waals surface area contributed by atoms with E-state index < -0.39 is 7.82 Å². The molecule has 14 heavy (non-hydrogen) atoms. The highest BCUT2D eigenvalue weighted by Gasteiger charge is 2.21. The number of hydrogen-bond acceptors (Lipinski definition) is 6. The Hall–Kier alpha value is 0.0300. The maximum atomic E-state index is 10.9. The van der Waals surface area contributed by atoms with Crippen molar-refractivity contribution in [1.29, 1.82) is 0 Å². The maximum Gasteiger partial charge on any atom is 0.474 e. The highest BCUT2D eigenvalue weighted by atomic mass is 31.2. The molecule has 0 aliphatic carbocycles. The second-order valence-electron chi connectivity index (χ2n) is 2.71. The summed E-state index contributed by atoms with van der Waals surface area (Å²) in [6, 6.07) is 0. The van der Waals surface area contributed by atoms with Crippen molar-refractivity contribution in [2.24, 2.45) is 0 Å². The zero-order valence-electron chi connectivity index (χ0n) is 9.39. The SMILES string of the molecule is CN(C)C.COP(=O)(OC)OCCO. The molecule has 1 N–H and O–H groups in total. The lowest BCUT2D eigenvalue weighted by Crippen LogP contribution is -1.99. The third-order valence-electron chi connectivity index (χ3n) is 0.788. The number of phosphoric ester groups is 1. The molecule has 0 aromatic rings. The smallest absolute Gasteiger partial charge is 0.394 e. The van der Waals surface area contributed by atoms with Crippen LogP contribution in [0.5, 0.6) is 0 Å². The van der Waals surface area contributed by atoms with Gasteiger partial charge in [-0.1, -0.05) is 0 Å². The van der Waals surface area contributed by atoms with Crippen LogP contribution in [0.15, 0.2) is 0 Å². The Morgan fingerprint density at radius 1 is 1.21 bits per heavy atom. The van der Waals surface area contributed by atoms with Crippen LogP contribution in [0.3, 0.4) is 0 Å². The van der Waals surface area contributed by atoms with Crippen molar-refractivity contribution in [3.63, 3.8) is 0 Å². The van der Waals surface area contributed by atoms with Gasteiger partial charge in [0.05, 0.1) is 13.2 Å². The summed E-state index contributed by atoms with van der Waals surface area (Å²) in [6.07, 6.45) is 0. The molecule has 0 aromatic heterocycles. The lowest BCUT2D eigenvalue weighted by molar-refractivity contribution is 0.124. The average molecular weight is 229 g/mol. The van der Waals surface area contributed by atoms with Crippen LogP contribution < -0.4 is 0 Å². The van der Waals surface area contributed by atoms with Gasteiger partial charge in [0.25, 0.3) is 0 Å².